The molecule has 2 N–H and O–H groups in total. The van der Waals surface area contributed by atoms with Crippen molar-refractivity contribution < 1.29 is 4.74 Å². The van der Waals surface area contributed by atoms with Crippen LogP contribution in [0.25, 0.3) is 0 Å². The van der Waals surface area contributed by atoms with Crippen LogP contribution >= 0.6 is 11.6 Å². The van der Waals surface area contributed by atoms with Crippen LogP contribution in [0.1, 0.15) is 38.2 Å². The first-order valence-corrected chi connectivity index (χ1v) is 9.07. The summed E-state index contributed by atoms with van der Waals surface area (Å²) < 4.78 is 5.90. The van der Waals surface area contributed by atoms with Gasteiger partial charge in [0.15, 0.2) is 5.96 Å². The first kappa shape index (κ1) is 16.6. The fourth-order valence-corrected chi connectivity index (χ4v) is 3.54. The van der Waals surface area contributed by atoms with Crippen molar-refractivity contribution in [2.24, 2.45) is 4.99 Å². The average molecular weight is 336 g/mol. The van der Waals surface area contributed by atoms with Gasteiger partial charge in [0.25, 0.3) is 0 Å². The van der Waals surface area contributed by atoms with Crippen LogP contribution in [0.15, 0.2) is 29.3 Å². The molecule has 126 valence electrons. The summed E-state index contributed by atoms with van der Waals surface area (Å²) in [5.41, 5.74) is 1.31. The van der Waals surface area contributed by atoms with E-state index in [4.69, 9.17) is 21.3 Å². The summed E-state index contributed by atoms with van der Waals surface area (Å²) >= 11 is 5.91. The van der Waals surface area contributed by atoms with Crippen LogP contribution < -0.4 is 10.6 Å². The largest absolute Gasteiger partial charge is 0.373 e. The summed E-state index contributed by atoms with van der Waals surface area (Å²) in [5, 5.41) is 7.68. The van der Waals surface area contributed by atoms with Gasteiger partial charge >= 0.3 is 0 Å². The van der Waals surface area contributed by atoms with Gasteiger partial charge in [-0.25, -0.2) is 0 Å². The molecule has 1 aromatic rings. The summed E-state index contributed by atoms with van der Waals surface area (Å²) in [5.74, 6) is 0.921. The third kappa shape index (κ3) is 4.61. The van der Waals surface area contributed by atoms with Gasteiger partial charge in [-0.05, 0) is 56.7 Å². The highest BCUT2D eigenvalue weighted by Gasteiger charge is 2.41. The Morgan fingerprint density at radius 3 is 2.78 bits per heavy atom. The van der Waals surface area contributed by atoms with E-state index in [1.807, 2.05) is 12.1 Å². The lowest BCUT2D eigenvalue weighted by atomic mass is 9.96. The second kappa shape index (κ2) is 8.02. The molecule has 0 radical (unpaired) electrons. The Hall–Kier alpha value is -1.26. The Kier molecular flexibility index (Phi) is 5.79. The highest BCUT2D eigenvalue weighted by molar-refractivity contribution is 6.30. The molecule has 2 heterocycles. The van der Waals surface area contributed by atoms with Crippen LogP contribution in [0.4, 0.5) is 0 Å². The van der Waals surface area contributed by atoms with Gasteiger partial charge in [-0.2, -0.15) is 0 Å². The van der Waals surface area contributed by atoms with Crippen LogP contribution in [0.2, 0.25) is 5.02 Å². The number of ether oxygens (including phenoxy) is 1. The van der Waals surface area contributed by atoms with Crippen molar-refractivity contribution >= 4 is 17.6 Å². The maximum absolute atomic E-state index is 5.91. The Morgan fingerprint density at radius 1 is 1.30 bits per heavy atom. The standard InChI is InChI=1S/C18H26ClN3O/c1-2-20-18(22-16-12-15-9-10-17(16)23-15)21-11-3-4-13-5-7-14(19)8-6-13/h5-8,15-17H,2-4,9-12H2,1H3,(H2,20,21,22). The minimum absolute atomic E-state index is 0.373. The molecule has 2 bridgehead atoms. The zero-order valence-corrected chi connectivity index (χ0v) is 14.5. The summed E-state index contributed by atoms with van der Waals surface area (Å²) in [4.78, 5) is 4.71. The van der Waals surface area contributed by atoms with E-state index in [2.05, 4.69) is 29.7 Å². The molecule has 1 aromatic carbocycles. The maximum atomic E-state index is 5.91. The number of rotatable bonds is 6. The van der Waals surface area contributed by atoms with Gasteiger partial charge in [0.05, 0.1) is 18.2 Å². The third-order valence-corrected chi connectivity index (χ3v) is 4.83. The van der Waals surface area contributed by atoms with E-state index in [1.165, 1.54) is 18.4 Å². The Labute approximate surface area is 143 Å². The lowest BCUT2D eigenvalue weighted by Gasteiger charge is -2.22. The van der Waals surface area contributed by atoms with Crippen LogP contribution in [0.3, 0.4) is 0 Å². The number of nitrogens with one attached hydrogen (secondary N) is 2. The van der Waals surface area contributed by atoms with E-state index in [9.17, 15) is 0 Å². The molecule has 0 amide bonds. The smallest absolute Gasteiger partial charge is 0.191 e. The fourth-order valence-electron chi connectivity index (χ4n) is 3.41. The van der Waals surface area contributed by atoms with Gasteiger partial charge in [-0.1, -0.05) is 23.7 Å². The first-order valence-electron chi connectivity index (χ1n) is 8.69. The van der Waals surface area contributed by atoms with Crippen molar-refractivity contribution in [2.45, 2.75) is 57.3 Å². The van der Waals surface area contributed by atoms with Gasteiger partial charge in [-0.3, -0.25) is 4.99 Å². The number of fused-ring (bicyclic) bond motifs is 2. The summed E-state index contributed by atoms with van der Waals surface area (Å²) in [6.07, 6.45) is 6.40. The Morgan fingerprint density at radius 2 is 2.13 bits per heavy atom. The monoisotopic (exact) mass is 335 g/mol. The van der Waals surface area contributed by atoms with Crippen LogP contribution in [0, 0.1) is 0 Å². The highest BCUT2D eigenvalue weighted by Crippen LogP contribution is 2.34. The van der Waals surface area contributed by atoms with E-state index < -0.39 is 0 Å². The molecule has 3 unspecified atom stereocenters. The van der Waals surface area contributed by atoms with Gasteiger partial charge < -0.3 is 15.4 Å². The molecule has 0 spiro atoms. The number of guanidine groups is 1. The predicted molar refractivity (Wildman–Crippen MR) is 95.2 cm³/mol. The minimum Gasteiger partial charge on any atom is -0.373 e. The Bertz CT molecular complexity index is 532. The number of benzene rings is 1. The molecule has 0 saturated carbocycles. The highest BCUT2D eigenvalue weighted by atomic mass is 35.5. The van der Waals surface area contributed by atoms with Gasteiger partial charge in [-0.15, -0.1) is 0 Å². The second-order valence-electron chi connectivity index (χ2n) is 6.35. The minimum atomic E-state index is 0.373. The van der Waals surface area contributed by atoms with E-state index in [0.717, 1.165) is 43.3 Å². The molecule has 23 heavy (non-hydrogen) atoms. The SMILES string of the molecule is CCNC(=NCCCc1ccc(Cl)cc1)NC1CC2CCC1O2. The number of hydrogen-bond donors (Lipinski definition) is 2. The van der Waals surface area contributed by atoms with Crippen LogP contribution in [0.5, 0.6) is 0 Å². The number of aryl methyl sites for hydroxylation is 1. The number of aliphatic imine (C=N–C) groups is 1. The van der Waals surface area contributed by atoms with E-state index in [0.29, 0.717) is 18.2 Å². The van der Waals surface area contributed by atoms with Crippen molar-refractivity contribution in [3.05, 3.63) is 34.9 Å². The van der Waals surface area contributed by atoms with Crippen LogP contribution in [-0.2, 0) is 11.2 Å². The van der Waals surface area contributed by atoms with E-state index in [-0.39, 0.29) is 0 Å². The number of hydrogen-bond acceptors (Lipinski definition) is 2. The van der Waals surface area contributed by atoms with Crippen molar-refractivity contribution in [1.29, 1.82) is 0 Å². The quantitative estimate of drug-likeness (QED) is 0.477. The molecule has 0 aliphatic carbocycles. The van der Waals surface area contributed by atoms with Crippen molar-refractivity contribution in [3.63, 3.8) is 0 Å². The van der Waals surface area contributed by atoms with Crippen molar-refractivity contribution in [3.8, 4) is 0 Å². The molecular weight excluding hydrogens is 310 g/mol. The summed E-state index contributed by atoms with van der Waals surface area (Å²) in [7, 11) is 0. The number of nitrogens with zero attached hydrogens (tertiary/aromatic N) is 1. The van der Waals surface area contributed by atoms with E-state index >= 15 is 0 Å². The molecular formula is C18H26ClN3O. The van der Waals surface area contributed by atoms with E-state index in [1.54, 1.807) is 0 Å². The van der Waals surface area contributed by atoms with Gasteiger partial charge in [0.1, 0.15) is 0 Å². The average Bonchev–Trinajstić information content (AvgIpc) is 3.16. The van der Waals surface area contributed by atoms with Crippen molar-refractivity contribution in [2.75, 3.05) is 13.1 Å². The molecule has 4 nitrogen and oxygen atoms in total. The zero-order chi connectivity index (χ0) is 16.1. The van der Waals surface area contributed by atoms with Crippen molar-refractivity contribution in [1.82, 2.24) is 10.6 Å². The normalized spacial score (nSPS) is 26.5. The predicted octanol–water partition coefficient (Wildman–Crippen LogP) is 3.15. The number of halogens is 1. The lowest BCUT2D eigenvalue weighted by Crippen LogP contribution is -2.47. The molecule has 3 atom stereocenters. The molecule has 5 heteroatoms. The summed E-state index contributed by atoms with van der Waals surface area (Å²) in [6.45, 7) is 3.80. The third-order valence-electron chi connectivity index (χ3n) is 4.58. The second-order valence-corrected chi connectivity index (χ2v) is 6.79. The van der Waals surface area contributed by atoms with Gasteiger partial charge in [0, 0.05) is 18.1 Å². The zero-order valence-electron chi connectivity index (χ0n) is 13.7. The fraction of sp³-hybridized carbons (Fsp3) is 0.611. The molecule has 2 saturated heterocycles. The van der Waals surface area contributed by atoms with Gasteiger partial charge in [0.2, 0.25) is 0 Å². The molecule has 2 aliphatic heterocycles. The lowest BCUT2D eigenvalue weighted by molar-refractivity contribution is 0.0992. The molecule has 3 rings (SSSR count). The molecule has 2 aliphatic rings. The molecule has 2 fully saturated rings. The molecule has 0 aromatic heterocycles. The summed E-state index contributed by atoms with van der Waals surface area (Å²) in [6, 6.07) is 8.48. The maximum Gasteiger partial charge on any atom is 0.191 e. The van der Waals surface area contributed by atoms with Crippen LogP contribution in [-0.4, -0.2) is 37.3 Å². The topological polar surface area (TPSA) is 45.7 Å². The first-order chi connectivity index (χ1) is 11.2. The Balaban J connectivity index is 1.45.